The van der Waals surface area contributed by atoms with Crippen molar-refractivity contribution in [1.29, 1.82) is 0 Å². The quantitative estimate of drug-likeness (QED) is 0.0805. The summed E-state index contributed by atoms with van der Waals surface area (Å²) in [6.07, 6.45) is -7.40. The van der Waals surface area contributed by atoms with Crippen molar-refractivity contribution in [3.8, 4) is 0 Å². The molecule has 0 spiro atoms. The molecule has 0 aliphatic carbocycles. The van der Waals surface area contributed by atoms with Crippen molar-refractivity contribution in [2.24, 2.45) is 5.41 Å². The summed E-state index contributed by atoms with van der Waals surface area (Å²) in [6, 6.07) is 0. The zero-order valence-corrected chi connectivity index (χ0v) is 20.8. The highest BCUT2D eigenvalue weighted by molar-refractivity contribution is 5.91. The van der Waals surface area contributed by atoms with Crippen LogP contribution >= 0.6 is 0 Å². The average molecular weight is 579 g/mol. The number of aliphatic carboxylic acids is 4. The number of hydrogen-bond acceptors (Lipinski definition) is 14. The van der Waals surface area contributed by atoms with Gasteiger partial charge in [-0.1, -0.05) is 13.2 Å². The molecule has 0 heterocycles. The normalized spacial score (nSPS) is 13.3. The van der Waals surface area contributed by atoms with Gasteiger partial charge in [-0.2, -0.15) is 0 Å². The topological polar surface area (TPSA) is 352 Å². The van der Waals surface area contributed by atoms with Crippen LogP contribution in [-0.4, -0.2) is 159 Å². The third kappa shape index (κ3) is 22.6. The largest absolute Gasteiger partial charge is 0.481 e. The minimum Gasteiger partial charge on any atom is -0.481 e. The molecule has 230 valence electrons. The Bertz CT molecular complexity index is 678. The lowest BCUT2D eigenvalue weighted by Gasteiger charge is -2.24. The molecule has 0 fully saturated rings. The molecule has 0 radical (unpaired) electrons. The minimum atomic E-state index is -1.67. The van der Waals surface area contributed by atoms with E-state index in [0.717, 1.165) is 0 Å². The maximum Gasteiger partial charge on any atom is 0.331 e. The standard InChI is InChI=1S/C6H14O6.C5H12O4.2C5H6O4/c7-1-3(9)5(11)6(12)4(10)2-8;6-1-5(2-7,3-8)4-9;2*1-3(5(8)9)2-4(6)7/h3-12H,1-2H2;6-9H,1-4H2;2*1-2H2,(H,6,7)(H,8,9)/t3-,4+,5-,6-;;;/m1.../s1. The van der Waals surface area contributed by atoms with Gasteiger partial charge < -0.3 is 71.5 Å². The first-order valence-corrected chi connectivity index (χ1v) is 10.5. The molecule has 0 amide bonds. The molecular formula is C21H38O18. The number of aliphatic hydroxyl groups is 10. The lowest BCUT2D eigenvalue weighted by atomic mass is 9.93. The van der Waals surface area contributed by atoms with Crippen molar-refractivity contribution < 1.29 is 90.7 Å². The summed E-state index contributed by atoms with van der Waals surface area (Å²) in [7, 11) is 0. The molecule has 0 aliphatic rings. The van der Waals surface area contributed by atoms with Crippen molar-refractivity contribution in [2.45, 2.75) is 37.3 Å². The Morgan fingerprint density at radius 3 is 0.846 bits per heavy atom. The monoisotopic (exact) mass is 578 g/mol. The van der Waals surface area contributed by atoms with E-state index < -0.39 is 106 Å². The summed E-state index contributed by atoms with van der Waals surface area (Å²) in [5.74, 6) is -4.89. The van der Waals surface area contributed by atoms with Crippen LogP contribution in [0.4, 0.5) is 0 Å². The first kappa shape index (κ1) is 43.0. The Balaban J connectivity index is -0.000000211. The Kier molecular flexibility index (Phi) is 26.5. The van der Waals surface area contributed by atoms with Crippen molar-refractivity contribution in [1.82, 2.24) is 0 Å². The Labute approximate surface area is 221 Å². The van der Waals surface area contributed by atoms with Crippen LogP contribution in [-0.2, 0) is 19.2 Å². The van der Waals surface area contributed by atoms with E-state index in [1.807, 2.05) is 0 Å². The summed E-state index contributed by atoms with van der Waals surface area (Å²) in [5.41, 5.74) is -1.72. The van der Waals surface area contributed by atoms with Gasteiger partial charge in [0.2, 0.25) is 0 Å². The predicted octanol–water partition coefficient (Wildman–Crippen LogP) is -5.44. The Hall–Kier alpha value is -3.04. The van der Waals surface area contributed by atoms with E-state index in [9.17, 15) is 19.2 Å². The molecule has 0 aliphatic heterocycles. The van der Waals surface area contributed by atoms with Crippen molar-refractivity contribution in [3.05, 3.63) is 24.3 Å². The summed E-state index contributed by atoms with van der Waals surface area (Å²) >= 11 is 0. The lowest BCUT2D eigenvalue weighted by molar-refractivity contribution is -0.139. The third-order valence-corrected chi connectivity index (χ3v) is 4.19. The lowest BCUT2D eigenvalue weighted by Crippen LogP contribution is -2.46. The van der Waals surface area contributed by atoms with Crippen LogP contribution in [0.5, 0.6) is 0 Å². The van der Waals surface area contributed by atoms with Gasteiger partial charge in [-0.25, -0.2) is 9.59 Å². The van der Waals surface area contributed by atoms with Crippen molar-refractivity contribution in [2.75, 3.05) is 39.6 Å². The maximum absolute atomic E-state index is 9.87. The molecule has 0 bridgehead atoms. The van der Waals surface area contributed by atoms with Crippen LogP contribution in [0.1, 0.15) is 12.8 Å². The molecule has 39 heavy (non-hydrogen) atoms. The van der Waals surface area contributed by atoms with Crippen molar-refractivity contribution in [3.63, 3.8) is 0 Å². The highest BCUT2D eigenvalue weighted by Gasteiger charge is 2.29. The van der Waals surface area contributed by atoms with E-state index in [1.165, 1.54) is 0 Å². The second kappa shape index (κ2) is 24.0. The molecule has 14 N–H and O–H groups in total. The van der Waals surface area contributed by atoms with Crippen LogP contribution < -0.4 is 0 Å². The van der Waals surface area contributed by atoms with Gasteiger partial charge in [0.1, 0.15) is 24.4 Å². The van der Waals surface area contributed by atoms with Crippen LogP contribution in [0.15, 0.2) is 24.3 Å². The first-order chi connectivity index (χ1) is 17.9. The van der Waals surface area contributed by atoms with Gasteiger partial charge >= 0.3 is 23.9 Å². The second-order valence-electron chi connectivity index (χ2n) is 7.57. The average Bonchev–Trinajstić information content (AvgIpc) is 2.88. The third-order valence-electron chi connectivity index (χ3n) is 4.19. The van der Waals surface area contributed by atoms with Crippen LogP contribution in [0, 0.1) is 5.41 Å². The van der Waals surface area contributed by atoms with Gasteiger partial charge in [-0.3, -0.25) is 9.59 Å². The number of carboxylic acids is 4. The maximum atomic E-state index is 9.87. The molecule has 0 unspecified atom stereocenters. The van der Waals surface area contributed by atoms with Gasteiger partial charge in [-0.05, 0) is 0 Å². The molecule has 0 saturated heterocycles. The summed E-state index contributed by atoms with van der Waals surface area (Å²) in [4.78, 5) is 39.3. The number of aliphatic hydroxyl groups excluding tert-OH is 10. The number of rotatable bonds is 15. The SMILES string of the molecule is C=C(CC(=O)O)C(=O)O.C=C(CC(=O)O)C(=O)O.OCC(CO)(CO)CO.OC[C@@H](O)[C@@H](O)[C@H](O)[C@@H](O)CO. The van der Waals surface area contributed by atoms with E-state index in [-0.39, 0.29) is 11.1 Å². The first-order valence-electron chi connectivity index (χ1n) is 10.5. The van der Waals surface area contributed by atoms with E-state index in [4.69, 9.17) is 71.5 Å². The molecule has 18 nitrogen and oxygen atoms in total. The van der Waals surface area contributed by atoms with Crippen molar-refractivity contribution >= 4 is 23.9 Å². The molecule has 18 heteroatoms. The molecular weight excluding hydrogens is 540 g/mol. The number of hydrogen-bond donors (Lipinski definition) is 14. The minimum absolute atomic E-state index is 0.303. The smallest absolute Gasteiger partial charge is 0.331 e. The Morgan fingerprint density at radius 1 is 0.538 bits per heavy atom. The summed E-state index contributed by atoms with van der Waals surface area (Å²) in [5, 5.41) is 118. The predicted molar refractivity (Wildman–Crippen MR) is 127 cm³/mol. The zero-order valence-electron chi connectivity index (χ0n) is 20.8. The fourth-order valence-electron chi connectivity index (χ4n) is 1.49. The molecule has 0 aromatic heterocycles. The van der Waals surface area contributed by atoms with Crippen LogP contribution in [0.3, 0.4) is 0 Å². The summed E-state index contributed by atoms with van der Waals surface area (Å²) < 4.78 is 0. The fraction of sp³-hybridized carbons (Fsp3) is 0.619. The Morgan fingerprint density at radius 2 is 0.769 bits per heavy atom. The fourth-order valence-corrected chi connectivity index (χ4v) is 1.49. The number of carboxylic acid groups (broad SMARTS) is 4. The molecule has 0 rings (SSSR count). The number of carbonyl (C=O) groups is 4. The molecule has 4 atom stereocenters. The van der Waals surface area contributed by atoms with Gasteiger partial charge in [-0.15, -0.1) is 0 Å². The van der Waals surface area contributed by atoms with E-state index in [0.29, 0.717) is 0 Å². The van der Waals surface area contributed by atoms with Crippen LogP contribution in [0.25, 0.3) is 0 Å². The van der Waals surface area contributed by atoms with Gasteiger partial charge in [0, 0.05) is 11.1 Å². The van der Waals surface area contributed by atoms with Crippen LogP contribution in [0.2, 0.25) is 0 Å². The molecule has 0 saturated carbocycles. The molecule has 0 aromatic carbocycles. The summed E-state index contributed by atoms with van der Waals surface area (Å²) in [6.45, 7) is 2.95. The van der Waals surface area contributed by atoms with Gasteiger partial charge in [0.25, 0.3) is 0 Å². The van der Waals surface area contributed by atoms with E-state index in [1.54, 1.807) is 0 Å². The zero-order chi connectivity index (χ0) is 31.9. The highest BCUT2D eigenvalue weighted by atomic mass is 16.4. The molecule has 0 aromatic rings. The van der Waals surface area contributed by atoms with E-state index >= 15 is 0 Å². The van der Waals surface area contributed by atoms with Gasteiger partial charge in [0.15, 0.2) is 0 Å². The highest BCUT2D eigenvalue weighted by Crippen LogP contribution is 2.11. The van der Waals surface area contributed by atoms with E-state index in [2.05, 4.69) is 13.2 Å². The van der Waals surface area contributed by atoms with Gasteiger partial charge in [0.05, 0.1) is 57.9 Å². The second-order valence-corrected chi connectivity index (χ2v) is 7.57.